The minimum atomic E-state index is 0.124. The minimum absolute atomic E-state index is 0.124. The maximum atomic E-state index is 4.70. The van der Waals surface area contributed by atoms with Gasteiger partial charge in [-0.3, -0.25) is 0 Å². The van der Waals surface area contributed by atoms with Crippen LogP contribution in [0.25, 0.3) is 4.96 Å². The molecule has 7 heteroatoms. The predicted molar refractivity (Wildman–Crippen MR) is 99.2 cm³/mol. The molecule has 0 fully saturated rings. The lowest BCUT2D eigenvalue weighted by atomic mass is 10.0. The van der Waals surface area contributed by atoms with E-state index in [4.69, 9.17) is 5.10 Å². The number of aromatic nitrogens is 4. The van der Waals surface area contributed by atoms with Crippen molar-refractivity contribution >= 4 is 28.1 Å². The van der Waals surface area contributed by atoms with Crippen molar-refractivity contribution in [3.05, 3.63) is 40.7 Å². The fourth-order valence-electron chi connectivity index (χ4n) is 2.70. The van der Waals surface area contributed by atoms with Gasteiger partial charge in [0, 0.05) is 12.2 Å². The largest absolute Gasteiger partial charge is 0.349 e. The predicted octanol–water partition coefficient (Wildman–Crippen LogP) is 3.42. The van der Waals surface area contributed by atoms with Crippen LogP contribution in [-0.4, -0.2) is 19.8 Å². The van der Waals surface area contributed by atoms with Crippen molar-refractivity contribution in [1.29, 1.82) is 0 Å². The first-order valence-electron chi connectivity index (χ1n) is 8.18. The van der Waals surface area contributed by atoms with E-state index in [1.54, 1.807) is 23.1 Å². The minimum Gasteiger partial charge on any atom is -0.349 e. The third-order valence-electron chi connectivity index (χ3n) is 3.97. The van der Waals surface area contributed by atoms with E-state index in [-0.39, 0.29) is 6.04 Å². The highest BCUT2D eigenvalue weighted by Crippen LogP contribution is 2.29. The number of rotatable bonds is 6. The number of hydrogen-bond acceptors (Lipinski definition) is 5. The molecule has 3 N–H and O–H groups in total. The highest BCUT2D eigenvalue weighted by Gasteiger charge is 2.21. The van der Waals surface area contributed by atoms with Gasteiger partial charge in [-0.2, -0.15) is 4.52 Å². The molecule has 1 atom stereocenters. The molecule has 0 aliphatic rings. The summed E-state index contributed by atoms with van der Waals surface area (Å²) in [7, 11) is 0. The van der Waals surface area contributed by atoms with Crippen LogP contribution in [0.4, 0.5) is 0 Å². The summed E-state index contributed by atoms with van der Waals surface area (Å²) < 4.78 is 2.90. The van der Waals surface area contributed by atoms with Gasteiger partial charge in [0.05, 0.1) is 0 Å². The number of fused-ring (bicyclic) bond motifs is 1. The molecular weight excluding hydrogens is 338 g/mol. The highest BCUT2D eigenvalue weighted by molar-refractivity contribution is 8.00. The summed E-state index contributed by atoms with van der Waals surface area (Å²) >= 11 is 3.36. The van der Waals surface area contributed by atoms with Crippen molar-refractivity contribution in [1.82, 2.24) is 19.8 Å². The summed E-state index contributed by atoms with van der Waals surface area (Å²) in [6, 6.07) is 6.71. The molecule has 5 nitrogen and oxygen atoms in total. The molecule has 0 radical (unpaired) electrons. The van der Waals surface area contributed by atoms with E-state index >= 15 is 0 Å². The van der Waals surface area contributed by atoms with Crippen molar-refractivity contribution in [3.8, 4) is 0 Å². The van der Waals surface area contributed by atoms with E-state index < -0.39 is 0 Å². The Bertz CT molecular complexity index is 837. The second kappa shape index (κ2) is 7.21. The topological polar surface area (TPSA) is 70.7 Å². The van der Waals surface area contributed by atoms with E-state index in [2.05, 4.69) is 61.8 Å². The molecule has 0 unspecified atom stereocenters. The van der Waals surface area contributed by atoms with E-state index in [0.29, 0.717) is 5.92 Å². The lowest BCUT2D eigenvalue weighted by Crippen LogP contribution is -2.54. The molecule has 0 saturated carbocycles. The molecule has 0 bridgehead atoms. The number of hydrogen-bond donors (Lipinski definition) is 1. The Balaban J connectivity index is 1.76. The quantitative estimate of drug-likeness (QED) is 0.682. The van der Waals surface area contributed by atoms with E-state index in [1.165, 1.54) is 16.7 Å². The number of benzene rings is 1. The van der Waals surface area contributed by atoms with Crippen molar-refractivity contribution < 1.29 is 5.73 Å². The molecule has 3 aromatic rings. The average Bonchev–Trinajstić information content (AvgIpc) is 3.07. The lowest BCUT2D eigenvalue weighted by Gasteiger charge is -2.07. The third kappa shape index (κ3) is 3.79. The van der Waals surface area contributed by atoms with E-state index in [1.807, 2.05) is 4.52 Å². The molecule has 0 spiro atoms. The first-order chi connectivity index (χ1) is 11.4. The zero-order chi connectivity index (χ0) is 17.3. The number of quaternary nitrogens is 1. The van der Waals surface area contributed by atoms with Crippen LogP contribution in [0.5, 0.6) is 0 Å². The van der Waals surface area contributed by atoms with Gasteiger partial charge in [-0.1, -0.05) is 60.7 Å². The first kappa shape index (κ1) is 17.4. The normalized spacial score (nSPS) is 13.1. The van der Waals surface area contributed by atoms with Gasteiger partial charge in [-0.15, -0.1) is 15.3 Å². The highest BCUT2D eigenvalue weighted by atomic mass is 32.2. The van der Waals surface area contributed by atoms with E-state index in [9.17, 15) is 0 Å². The van der Waals surface area contributed by atoms with Gasteiger partial charge in [0.25, 0.3) is 0 Å². The Morgan fingerprint density at radius 2 is 2.04 bits per heavy atom. The Labute approximate surface area is 150 Å². The summed E-state index contributed by atoms with van der Waals surface area (Å²) in [5.74, 6) is 2.37. The molecule has 0 aliphatic heterocycles. The molecular formula is C17H24N5S2+. The maximum absolute atomic E-state index is 4.70. The summed E-state index contributed by atoms with van der Waals surface area (Å²) in [6.45, 7) is 8.68. The molecule has 1 aromatic carbocycles. The molecule has 2 heterocycles. The SMILES string of the molecule is Cc1ccc(C)c(CSc2nn3c([C@@H]([NH3+])CC(C)C)nnc3s2)c1. The third-order valence-corrected chi connectivity index (χ3v) is 6.05. The Morgan fingerprint density at radius 3 is 2.79 bits per heavy atom. The first-order valence-corrected chi connectivity index (χ1v) is 9.98. The molecule has 0 amide bonds. The zero-order valence-electron chi connectivity index (χ0n) is 14.6. The smallest absolute Gasteiger partial charge is 0.235 e. The fourth-order valence-corrected chi connectivity index (χ4v) is 4.64. The van der Waals surface area contributed by atoms with Gasteiger partial charge < -0.3 is 5.73 Å². The molecule has 2 aromatic heterocycles. The summed E-state index contributed by atoms with van der Waals surface area (Å²) in [6.07, 6.45) is 0.989. The molecule has 24 heavy (non-hydrogen) atoms. The summed E-state index contributed by atoms with van der Waals surface area (Å²) in [5.41, 5.74) is 8.21. The summed E-state index contributed by atoms with van der Waals surface area (Å²) in [4.78, 5) is 0.853. The average molecular weight is 363 g/mol. The van der Waals surface area contributed by atoms with Gasteiger partial charge >= 0.3 is 0 Å². The van der Waals surface area contributed by atoms with Crippen molar-refractivity contribution in [2.24, 2.45) is 5.92 Å². The fraction of sp³-hybridized carbons (Fsp3) is 0.471. The van der Waals surface area contributed by atoms with Crippen LogP contribution in [0.3, 0.4) is 0 Å². The Morgan fingerprint density at radius 1 is 1.25 bits per heavy atom. The standard InChI is InChI=1S/C17H23N5S2/c1-10(2)7-14(18)15-19-20-16-22(15)21-17(24-16)23-9-13-8-11(3)5-6-12(13)4/h5-6,8,10,14H,7,9,18H2,1-4H3/p+1/t14-/m0/s1. The van der Waals surface area contributed by atoms with Crippen LogP contribution in [0.1, 0.15) is 48.8 Å². The number of thioether (sulfide) groups is 1. The van der Waals surface area contributed by atoms with Crippen molar-refractivity contribution in [2.75, 3.05) is 0 Å². The van der Waals surface area contributed by atoms with Crippen LogP contribution >= 0.6 is 23.1 Å². The number of nitrogens with zero attached hydrogens (tertiary/aromatic N) is 4. The Hall–Kier alpha value is -1.44. The maximum Gasteiger partial charge on any atom is 0.235 e. The monoisotopic (exact) mass is 362 g/mol. The lowest BCUT2D eigenvalue weighted by molar-refractivity contribution is -0.432. The van der Waals surface area contributed by atoms with Crippen molar-refractivity contribution in [2.45, 2.75) is 50.3 Å². The van der Waals surface area contributed by atoms with Gasteiger partial charge in [0.15, 0.2) is 4.34 Å². The van der Waals surface area contributed by atoms with Crippen molar-refractivity contribution in [3.63, 3.8) is 0 Å². The molecule has 0 aliphatic carbocycles. The van der Waals surface area contributed by atoms with Gasteiger partial charge in [0.2, 0.25) is 10.8 Å². The zero-order valence-corrected chi connectivity index (χ0v) is 16.2. The van der Waals surface area contributed by atoms with Crippen LogP contribution in [0.2, 0.25) is 0 Å². The van der Waals surface area contributed by atoms with E-state index in [0.717, 1.165) is 27.3 Å². The van der Waals surface area contributed by atoms with Crippen LogP contribution < -0.4 is 5.73 Å². The van der Waals surface area contributed by atoms with Gasteiger partial charge in [-0.25, -0.2) is 0 Å². The van der Waals surface area contributed by atoms with Gasteiger partial charge in [-0.05, 0) is 30.9 Å². The van der Waals surface area contributed by atoms with Crippen LogP contribution in [-0.2, 0) is 5.75 Å². The Kier molecular flexibility index (Phi) is 5.22. The van der Waals surface area contributed by atoms with Crippen LogP contribution in [0.15, 0.2) is 22.5 Å². The second-order valence-corrected chi connectivity index (χ2v) is 8.84. The molecule has 128 valence electrons. The molecule has 0 saturated heterocycles. The van der Waals surface area contributed by atoms with Crippen LogP contribution in [0, 0.1) is 19.8 Å². The summed E-state index contributed by atoms with van der Waals surface area (Å²) in [5, 5.41) is 13.3. The molecule has 3 rings (SSSR count). The second-order valence-electron chi connectivity index (χ2n) is 6.67. The van der Waals surface area contributed by atoms with Gasteiger partial charge in [0.1, 0.15) is 6.04 Å². The number of aryl methyl sites for hydroxylation is 2.